The van der Waals surface area contributed by atoms with Gasteiger partial charge in [0.25, 0.3) is 0 Å². The van der Waals surface area contributed by atoms with Crippen LogP contribution in [0.3, 0.4) is 0 Å². The highest BCUT2D eigenvalue weighted by Gasteiger charge is 2.53. The largest absolute Gasteiger partial charge is 0.456 e. The van der Waals surface area contributed by atoms with E-state index in [9.17, 15) is 24.0 Å². The average Bonchev–Trinajstić information content (AvgIpc) is 3.99. The fourth-order valence-corrected chi connectivity index (χ4v) is 8.76. The first-order valence-electron chi connectivity index (χ1n) is 19.4. The molecule has 1 saturated carbocycles. The number of aromatic nitrogens is 2. The van der Waals surface area contributed by atoms with Crippen LogP contribution < -0.4 is 5.32 Å². The normalized spacial score (nSPS) is 21.9. The van der Waals surface area contributed by atoms with Crippen LogP contribution in [0.15, 0.2) is 42.6 Å². The van der Waals surface area contributed by atoms with Gasteiger partial charge in [0.1, 0.15) is 23.5 Å². The maximum absolute atomic E-state index is 13.6. The van der Waals surface area contributed by atoms with Gasteiger partial charge in [-0.1, -0.05) is 38.1 Å². The van der Waals surface area contributed by atoms with E-state index in [1.54, 1.807) is 37.9 Å². The van der Waals surface area contributed by atoms with Crippen molar-refractivity contribution in [2.24, 2.45) is 11.8 Å². The van der Waals surface area contributed by atoms with Gasteiger partial charge < -0.3 is 29.4 Å². The molecule has 4 aliphatic rings. The van der Waals surface area contributed by atoms with Gasteiger partial charge in [0.05, 0.1) is 25.0 Å². The molecule has 2 bridgehead atoms. The smallest absolute Gasteiger partial charge is 0.411 e. The molecular weight excluding hydrogens is 702 g/mol. The number of methoxy groups -OCH3 is 1. The molecule has 0 radical (unpaired) electrons. The maximum atomic E-state index is 13.6. The number of benzene rings is 2. The zero-order chi connectivity index (χ0) is 39.2. The Kier molecular flexibility index (Phi) is 10.5. The zero-order valence-electron chi connectivity index (χ0n) is 32.5. The van der Waals surface area contributed by atoms with Crippen LogP contribution in [0.5, 0.6) is 0 Å². The molecule has 3 amide bonds. The zero-order valence-corrected chi connectivity index (χ0v) is 32.5. The number of alkyl carbamates (subject to hydrolysis) is 1. The van der Waals surface area contributed by atoms with Gasteiger partial charge in [-0.3, -0.25) is 14.5 Å². The van der Waals surface area contributed by atoms with Crippen LogP contribution >= 0.6 is 0 Å². The van der Waals surface area contributed by atoms with Gasteiger partial charge in [-0.2, -0.15) is 0 Å². The van der Waals surface area contributed by atoms with Gasteiger partial charge in [0, 0.05) is 18.2 Å². The van der Waals surface area contributed by atoms with Crippen molar-refractivity contribution in [3.63, 3.8) is 0 Å². The quantitative estimate of drug-likeness (QED) is 0.143. The third-order valence-corrected chi connectivity index (χ3v) is 11.4. The lowest BCUT2D eigenvalue weighted by molar-refractivity contribution is -0.150. The number of amides is 3. The summed E-state index contributed by atoms with van der Waals surface area (Å²) in [6.45, 7) is 9.37. The molecule has 7 rings (SSSR count). The molecule has 2 saturated heterocycles. The summed E-state index contributed by atoms with van der Waals surface area (Å²) in [5, 5.41) is 2.69. The average molecular weight is 754 g/mol. The Hall–Kier alpha value is -5.20. The van der Waals surface area contributed by atoms with E-state index in [2.05, 4.69) is 22.4 Å². The molecule has 2 aliphatic heterocycles. The van der Waals surface area contributed by atoms with Gasteiger partial charge in [-0.05, 0) is 118 Å². The number of nitrogens with one attached hydrogen (secondary N) is 2. The van der Waals surface area contributed by atoms with Crippen LogP contribution in [-0.4, -0.2) is 93.6 Å². The van der Waals surface area contributed by atoms with Crippen molar-refractivity contribution < 1.29 is 38.2 Å². The highest BCUT2D eigenvalue weighted by Crippen LogP contribution is 2.44. The van der Waals surface area contributed by atoms with Crippen LogP contribution in [0.2, 0.25) is 0 Å². The summed E-state index contributed by atoms with van der Waals surface area (Å²) in [5.74, 6) is -0.394. The topological polar surface area (TPSA) is 160 Å². The van der Waals surface area contributed by atoms with Crippen LogP contribution in [0.1, 0.15) is 100 Å². The van der Waals surface area contributed by atoms with Crippen molar-refractivity contribution in [1.29, 1.82) is 0 Å². The molecular formula is C42H51N5O8. The standard InChI is InChI=1S/C42H51N5O8/c1-23(2)35(45-40(51)53-6)38(49)46-17-7-8-33(46)37-43-21-32(44-37)26-12-15-30-24(18-26)9-10-25-19-27(13-16-31(25)30)34(48)22-54-39(50)36-28-11-14-29(20-28)47(36)41(52)55-42(3,4)5/h12-13,15-16,18-19,21,23,28-29,33,35-36H,7-11,14,17,20,22H2,1-6H3,(H,43,44)(H,45,51)/t28-,29+,33-,35-,36-/m0/s1. The number of aryl methyl sites for hydroxylation is 2. The molecule has 3 heterocycles. The highest BCUT2D eigenvalue weighted by molar-refractivity contribution is 5.99. The molecule has 2 aliphatic carbocycles. The molecule has 0 unspecified atom stereocenters. The van der Waals surface area contributed by atoms with E-state index in [0.29, 0.717) is 17.9 Å². The van der Waals surface area contributed by atoms with E-state index >= 15 is 0 Å². The predicted molar refractivity (Wildman–Crippen MR) is 203 cm³/mol. The van der Waals surface area contributed by atoms with Crippen LogP contribution in [0.25, 0.3) is 22.4 Å². The van der Waals surface area contributed by atoms with E-state index in [-0.39, 0.29) is 35.6 Å². The summed E-state index contributed by atoms with van der Waals surface area (Å²) in [4.78, 5) is 76.6. The lowest BCUT2D eigenvalue weighted by atomic mass is 9.83. The first-order chi connectivity index (χ1) is 26.2. The molecule has 292 valence electrons. The second-order valence-corrected chi connectivity index (χ2v) is 16.6. The third kappa shape index (κ3) is 7.70. The van der Waals surface area contributed by atoms with Crippen LogP contribution in [0.4, 0.5) is 9.59 Å². The number of ketones is 1. The van der Waals surface area contributed by atoms with Gasteiger partial charge >= 0.3 is 18.2 Å². The predicted octanol–water partition coefficient (Wildman–Crippen LogP) is 6.40. The molecule has 5 atom stereocenters. The molecule has 0 spiro atoms. The molecule has 3 fully saturated rings. The van der Waals surface area contributed by atoms with Crippen LogP contribution in [-0.2, 0) is 36.6 Å². The van der Waals surface area contributed by atoms with Crippen molar-refractivity contribution in [3.05, 3.63) is 65.1 Å². The first-order valence-corrected chi connectivity index (χ1v) is 19.4. The lowest BCUT2D eigenvalue weighted by Crippen LogP contribution is -2.51. The molecule has 2 N–H and O–H groups in total. The van der Waals surface area contributed by atoms with Crippen molar-refractivity contribution in [2.45, 2.75) is 109 Å². The number of esters is 1. The second-order valence-electron chi connectivity index (χ2n) is 16.6. The van der Waals surface area contributed by atoms with E-state index in [1.165, 1.54) is 17.6 Å². The minimum Gasteiger partial charge on any atom is -0.456 e. The van der Waals surface area contributed by atoms with Crippen molar-refractivity contribution >= 4 is 29.8 Å². The minimum atomic E-state index is -0.736. The summed E-state index contributed by atoms with van der Waals surface area (Å²) < 4.78 is 15.9. The Labute approximate surface area is 321 Å². The molecule has 2 aromatic carbocycles. The number of rotatable bonds is 9. The number of likely N-dealkylation sites (tertiary alicyclic amines) is 2. The number of imidazole rings is 1. The summed E-state index contributed by atoms with van der Waals surface area (Å²) in [5.41, 5.74) is 6.02. The van der Waals surface area contributed by atoms with Crippen molar-refractivity contribution in [3.8, 4) is 22.4 Å². The first kappa shape index (κ1) is 38.1. The number of hydrogen-bond acceptors (Lipinski definition) is 9. The Bertz CT molecular complexity index is 2000. The SMILES string of the molecule is COC(=O)N[C@H](C(=O)N1CCC[C@H]1c1ncc(-c2ccc3c(c2)CCc2cc(C(=O)COC(=O)[C@@H]4[C@H]5CC[C@H](C5)N4C(=O)OC(C)(C)C)ccc2-3)[nH]1)C(C)C. The number of carbonyl (C=O) groups excluding carboxylic acids is 5. The maximum Gasteiger partial charge on any atom is 0.411 e. The molecule has 3 aromatic rings. The summed E-state index contributed by atoms with van der Waals surface area (Å²) >= 11 is 0. The van der Waals surface area contributed by atoms with Gasteiger partial charge in [-0.25, -0.2) is 19.4 Å². The number of H-pyrrole nitrogens is 1. The Morgan fingerprint density at radius 1 is 0.982 bits per heavy atom. The molecule has 13 nitrogen and oxygen atoms in total. The number of Topliss-reactive ketones (excluding diaryl/α,β-unsaturated/α-hetero) is 1. The number of carbonyl (C=O) groups is 5. The van der Waals surface area contributed by atoms with E-state index in [0.717, 1.165) is 72.9 Å². The van der Waals surface area contributed by atoms with Gasteiger partial charge in [0.15, 0.2) is 12.4 Å². The Morgan fingerprint density at radius 3 is 2.42 bits per heavy atom. The highest BCUT2D eigenvalue weighted by atomic mass is 16.6. The Morgan fingerprint density at radius 2 is 1.71 bits per heavy atom. The van der Waals surface area contributed by atoms with E-state index in [1.807, 2.05) is 32.0 Å². The van der Waals surface area contributed by atoms with E-state index < -0.39 is 42.4 Å². The number of piperidine rings is 1. The summed E-state index contributed by atoms with van der Waals surface area (Å²) in [6, 6.07) is 10.2. The molecule has 1 aromatic heterocycles. The molecule has 13 heteroatoms. The number of fused-ring (bicyclic) bond motifs is 5. The summed E-state index contributed by atoms with van der Waals surface area (Å²) in [7, 11) is 1.28. The minimum absolute atomic E-state index is 0.00828. The van der Waals surface area contributed by atoms with Gasteiger partial charge in [-0.15, -0.1) is 0 Å². The third-order valence-electron chi connectivity index (χ3n) is 11.4. The van der Waals surface area contributed by atoms with Crippen LogP contribution in [0, 0.1) is 11.8 Å². The van der Waals surface area contributed by atoms with Crippen molar-refractivity contribution in [1.82, 2.24) is 25.1 Å². The van der Waals surface area contributed by atoms with E-state index in [4.69, 9.17) is 19.2 Å². The second kappa shape index (κ2) is 15.1. The Balaban J connectivity index is 1.00. The van der Waals surface area contributed by atoms with Crippen molar-refractivity contribution in [2.75, 3.05) is 20.3 Å². The lowest BCUT2D eigenvalue weighted by Gasteiger charge is -2.35. The van der Waals surface area contributed by atoms with Gasteiger partial charge in [0.2, 0.25) is 5.91 Å². The number of hydrogen-bond donors (Lipinski definition) is 2. The number of nitrogens with zero attached hydrogens (tertiary/aromatic N) is 3. The summed E-state index contributed by atoms with van der Waals surface area (Å²) in [6.07, 6.45) is 6.20. The fourth-order valence-electron chi connectivity index (χ4n) is 8.76. The monoisotopic (exact) mass is 753 g/mol. The fraction of sp³-hybridized carbons (Fsp3) is 0.524. The molecule has 55 heavy (non-hydrogen) atoms. The number of ether oxygens (including phenoxy) is 3. The number of aromatic amines is 1.